The summed E-state index contributed by atoms with van der Waals surface area (Å²) in [6.07, 6.45) is -0.842. The summed E-state index contributed by atoms with van der Waals surface area (Å²) in [5.41, 5.74) is 0.315. The first-order valence-electron chi connectivity index (χ1n) is 5.81. The Bertz CT molecular complexity index is 476. The summed E-state index contributed by atoms with van der Waals surface area (Å²) in [5, 5.41) is 2.59. The number of carbonyl (C=O) groups excluding carboxylic acids is 2. The minimum absolute atomic E-state index is 0.315. The molecule has 1 amide bonds. The molecule has 6 heteroatoms. The number of ether oxygens (including phenoxy) is 2. The van der Waals surface area contributed by atoms with E-state index in [2.05, 4.69) is 21.2 Å². The van der Waals surface area contributed by atoms with Crippen molar-refractivity contribution in [3.05, 3.63) is 28.2 Å². The summed E-state index contributed by atoms with van der Waals surface area (Å²) in [6.45, 7) is 3.81. The molecule has 19 heavy (non-hydrogen) atoms. The lowest BCUT2D eigenvalue weighted by Crippen LogP contribution is -2.35. The molecule has 1 rings (SSSR count). The van der Waals surface area contributed by atoms with Crippen LogP contribution in [0.1, 0.15) is 24.2 Å². The molecule has 104 valence electrons. The SMILES string of the molecule is CCNC(=O)[C@H](C)OC(=O)c1cc(OC)ccc1Br. The van der Waals surface area contributed by atoms with Crippen LogP contribution >= 0.6 is 15.9 Å². The minimum atomic E-state index is -0.842. The zero-order valence-electron chi connectivity index (χ0n) is 11.0. The first kappa shape index (κ1) is 15.5. The van der Waals surface area contributed by atoms with Crippen molar-refractivity contribution in [1.82, 2.24) is 5.32 Å². The number of esters is 1. The normalized spacial score (nSPS) is 11.6. The number of nitrogens with one attached hydrogen (secondary N) is 1. The van der Waals surface area contributed by atoms with Crippen LogP contribution in [0.15, 0.2) is 22.7 Å². The fourth-order valence-electron chi connectivity index (χ4n) is 1.38. The van der Waals surface area contributed by atoms with Gasteiger partial charge in [0.1, 0.15) is 5.75 Å². The van der Waals surface area contributed by atoms with Crippen molar-refractivity contribution in [1.29, 1.82) is 0 Å². The van der Waals surface area contributed by atoms with Gasteiger partial charge in [0.15, 0.2) is 6.10 Å². The van der Waals surface area contributed by atoms with Crippen LogP contribution in [0.5, 0.6) is 5.75 Å². The molecule has 1 aromatic carbocycles. The monoisotopic (exact) mass is 329 g/mol. The number of carbonyl (C=O) groups is 2. The van der Waals surface area contributed by atoms with Crippen LogP contribution in [0.4, 0.5) is 0 Å². The van der Waals surface area contributed by atoms with E-state index in [-0.39, 0.29) is 5.91 Å². The van der Waals surface area contributed by atoms with Gasteiger partial charge in [0, 0.05) is 11.0 Å². The van der Waals surface area contributed by atoms with E-state index in [1.54, 1.807) is 25.1 Å². The summed E-state index contributed by atoms with van der Waals surface area (Å²) < 4.78 is 10.7. The molecule has 0 saturated heterocycles. The Hall–Kier alpha value is -1.56. The molecule has 0 aliphatic rings. The number of hydrogen-bond acceptors (Lipinski definition) is 4. The van der Waals surface area contributed by atoms with Crippen LogP contribution in [0, 0.1) is 0 Å². The van der Waals surface area contributed by atoms with Crippen molar-refractivity contribution in [2.45, 2.75) is 20.0 Å². The van der Waals surface area contributed by atoms with Gasteiger partial charge >= 0.3 is 5.97 Å². The third-order valence-corrected chi connectivity index (χ3v) is 3.09. The zero-order chi connectivity index (χ0) is 14.4. The first-order valence-corrected chi connectivity index (χ1v) is 6.61. The molecule has 0 bridgehead atoms. The number of likely N-dealkylation sites (N-methyl/N-ethyl adjacent to an activating group) is 1. The molecule has 0 spiro atoms. The predicted molar refractivity (Wildman–Crippen MR) is 74.3 cm³/mol. The molecule has 0 radical (unpaired) electrons. The number of benzene rings is 1. The fraction of sp³-hybridized carbons (Fsp3) is 0.385. The molecule has 0 unspecified atom stereocenters. The topological polar surface area (TPSA) is 64.6 Å². The van der Waals surface area contributed by atoms with Crippen LogP contribution < -0.4 is 10.1 Å². The van der Waals surface area contributed by atoms with E-state index in [1.165, 1.54) is 14.0 Å². The van der Waals surface area contributed by atoms with Crippen LogP contribution in [-0.2, 0) is 9.53 Å². The Balaban J connectivity index is 2.80. The minimum Gasteiger partial charge on any atom is -0.497 e. The van der Waals surface area contributed by atoms with E-state index in [4.69, 9.17) is 9.47 Å². The largest absolute Gasteiger partial charge is 0.497 e. The molecule has 0 fully saturated rings. The van der Waals surface area contributed by atoms with Crippen LogP contribution in [0.25, 0.3) is 0 Å². The molecular weight excluding hydrogens is 314 g/mol. The first-order chi connectivity index (χ1) is 8.99. The average molecular weight is 330 g/mol. The molecule has 0 aromatic heterocycles. The molecule has 1 atom stereocenters. The summed E-state index contributed by atoms with van der Waals surface area (Å²) in [6, 6.07) is 4.96. The van der Waals surface area contributed by atoms with Crippen molar-refractivity contribution in [3.8, 4) is 5.75 Å². The summed E-state index contributed by atoms with van der Waals surface area (Å²) in [4.78, 5) is 23.5. The zero-order valence-corrected chi connectivity index (χ0v) is 12.6. The van der Waals surface area contributed by atoms with E-state index < -0.39 is 12.1 Å². The van der Waals surface area contributed by atoms with Gasteiger partial charge < -0.3 is 14.8 Å². The Morgan fingerprint density at radius 2 is 2.11 bits per heavy atom. The van der Waals surface area contributed by atoms with Crippen LogP contribution in [-0.4, -0.2) is 31.6 Å². The Morgan fingerprint density at radius 1 is 1.42 bits per heavy atom. The lowest BCUT2D eigenvalue weighted by Gasteiger charge is -2.13. The van der Waals surface area contributed by atoms with Gasteiger partial charge in [-0.15, -0.1) is 0 Å². The van der Waals surface area contributed by atoms with Crippen LogP contribution in [0.3, 0.4) is 0 Å². The molecule has 0 saturated carbocycles. The average Bonchev–Trinajstić information content (AvgIpc) is 2.39. The van der Waals surface area contributed by atoms with Crippen molar-refractivity contribution in [2.24, 2.45) is 0 Å². The molecule has 1 N–H and O–H groups in total. The van der Waals surface area contributed by atoms with Crippen molar-refractivity contribution >= 4 is 27.8 Å². The van der Waals surface area contributed by atoms with Crippen LogP contribution in [0.2, 0.25) is 0 Å². The highest BCUT2D eigenvalue weighted by molar-refractivity contribution is 9.10. The molecule has 1 aromatic rings. The van der Waals surface area contributed by atoms with Gasteiger partial charge in [0.25, 0.3) is 5.91 Å². The Kier molecular flexibility index (Phi) is 5.82. The van der Waals surface area contributed by atoms with Crippen molar-refractivity contribution < 1.29 is 19.1 Å². The van der Waals surface area contributed by atoms with Gasteiger partial charge in [0.2, 0.25) is 0 Å². The highest BCUT2D eigenvalue weighted by atomic mass is 79.9. The second-order valence-corrected chi connectivity index (χ2v) is 4.64. The number of hydrogen-bond donors (Lipinski definition) is 1. The second-order valence-electron chi connectivity index (χ2n) is 3.79. The van der Waals surface area contributed by atoms with E-state index in [0.717, 1.165) is 0 Å². The summed E-state index contributed by atoms with van der Waals surface area (Å²) >= 11 is 3.26. The van der Waals surface area contributed by atoms with E-state index in [1.807, 2.05) is 0 Å². The van der Waals surface area contributed by atoms with Crippen molar-refractivity contribution in [2.75, 3.05) is 13.7 Å². The maximum absolute atomic E-state index is 12.0. The maximum atomic E-state index is 12.0. The third kappa shape index (κ3) is 4.24. The van der Waals surface area contributed by atoms with Gasteiger partial charge in [-0.3, -0.25) is 4.79 Å². The highest BCUT2D eigenvalue weighted by Gasteiger charge is 2.20. The molecule has 0 aliphatic heterocycles. The molecule has 5 nitrogen and oxygen atoms in total. The Labute approximate surface area is 120 Å². The van der Waals surface area contributed by atoms with E-state index in [9.17, 15) is 9.59 Å². The van der Waals surface area contributed by atoms with Gasteiger partial charge in [-0.25, -0.2) is 4.79 Å². The van der Waals surface area contributed by atoms with Gasteiger partial charge in [-0.1, -0.05) is 0 Å². The maximum Gasteiger partial charge on any atom is 0.340 e. The van der Waals surface area contributed by atoms with E-state index in [0.29, 0.717) is 22.3 Å². The predicted octanol–water partition coefficient (Wildman–Crippen LogP) is 2.14. The lowest BCUT2D eigenvalue weighted by molar-refractivity contribution is -0.128. The van der Waals surface area contributed by atoms with Gasteiger partial charge in [0.05, 0.1) is 12.7 Å². The fourth-order valence-corrected chi connectivity index (χ4v) is 1.79. The smallest absolute Gasteiger partial charge is 0.340 e. The highest BCUT2D eigenvalue weighted by Crippen LogP contribution is 2.23. The Morgan fingerprint density at radius 3 is 2.68 bits per heavy atom. The number of methoxy groups -OCH3 is 1. The van der Waals surface area contributed by atoms with E-state index >= 15 is 0 Å². The van der Waals surface area contributed by atoms with Gasteiger partial charge in [-0.2, -0.15) is 0 Å². The second kappa shape index (κ2) is 7.13. The number of amides is 1. The van der Waals surface area contributed by atoms with Gasteiger partial charge in [-0.05, 0) is 48.0 Å². The molecule has 0 aliphatic carbocycles. The number of rotatable bonds is 5. The van der Waals surface area contributed by atoms with Crippen molar-refractivity contribution in [3.63, 3.8) is 0 Å². The summed E-state index contributed by atoms with van der Waals surface area (Å²) in [7, 11) is 1.51. The molecule has 0 heterocycles. The standard InChI is InChI=1S/C13H16BrNO4/c1-4-15-12(16)8(2)19-13(17)10-7-9(18-3)5-6-11(10)14/h5-8H,4H2,1-3H3,(H,15,16)/t8-/m0/s1. The molecular formula is C13H16BrNO4. The third-order valence-electron chi connectivity index (χ3n) is 2.40. The lowest BCUT2D eigenvalue weighted by atomic mass is 10.2. The number of halogens is 1. The summed E-state index contributed by atoms with van der Waals surface area (Å²) in [5.74, 6) is -0.361. The quantitative estimate of drug-likeness (QED) is 0.840.